The van der Waals surface area contributed by atoms with Gasteiger partial charge < -0.3 is 5.11 Å². The van der Waals surface area contributed by atoms with Crippen LogP contribution in [0.5, 0.6) is 5.75 Å². The van der Waals surface area contributed by atoms with Gasteiger partial charge in [-0.1, -0.05) is 41.9 Å². The van der Waals surface area contributed by atoms with Crippen molar-refractivity contribution in [2.45, 2.75) is 4.90 Å². The van der Waals surface area contributed by atoms with Gasteiger partial charge in [0.05, 0.1) is 10.7 Å². The Morgan fingerprint density at radius 3 is 2.17 bits per heavy atom. The van der Waals surface area contributed by atoms with Gasteiger partial charge in [0.2, 0.25) is 0 Å². The summed E-state index contributed by atoms with van der Waals surface area (Å²) in [6, 6.07) is 10.3. The summed E-state index contributed by atoms with van der Waals surface area (Å²) in [6.07, 6.45) is 0. The summed E-state index contributed by atoms with van der Waals surface area (Å²) in [6.45, 7) is 0. The first-order valence-electron chi connectivity index (χ1n) is 6.68. The van der Waals surface area contributed by atoms with Crippen LogP contribution < -0.4 is 4.72 Å². The van der Waals surface area contributed by atoms with Crippen molar-refractivity contribution >= 4 is 38.1 Å². The smallest absolute Gasteiger partial charge is 0.267 e. The lowest BCUT2D eigenvalue weighted by molar-refractivity contribution is 0.482. The molecular weight excluding hydrogens is 360 g/mol. The average Bonchev–Trinajstić information content (AvgIpc) is 2.52. The molecule has 0 aliphatic heterocycles. The summed E-state index contributed by atoms with van der Waals surface area (Å²) in [5.41, 5.74) is -0.00365. The standard InChI is InChI=1S/C16H10ClF2NO3S/c17-11-8-14(9-4-1-2-5-10(9)15(11)21)20-24(22,23)16-12(18)6-3-7-13(16)19/h1-8,20-21H. The Bertz CT molecular complexity index is 1030. The van der Waals surface area contributed by atoms with E-state index in [2.05, 4.69) is 4.72 Å². The molecule has 0 spiro atoms. The molecule has 3 rings (SSSR count). The second-order valence-electron chi connectivity index (χ2n) is 4.96. The van der Waals surface area contributed by atoms with E-state index in [1.165, 1.54) is 12.1 Å². The van der Waals surface area contributed by atoms with Gasteiger partial charge in [-0.25, -0.2) is 17.2 Å². The van der Waals surface area contributed by atoms with E-state index >= 15 is 0 Å². The van der Waals surface area contributed by atoms with Crippen LogP contribution in [-0.4, -0.2) is 13.5 Å². The molecule has 0 aromatic heterocycles. The van der Waals surface area contributed by atoms with Gasteiger partial charge in [0.15, 0.2) is 4.90 Å². The molecule has 0 atom stereocenters. The number of fused-ring (bicyclic) bond motifs is 1. The minimum Gasteiger partial charge on any atom is -0.506 e. The van der Waals surface area contributed by atoms with Crippen LogP contribution >= 0.6 is 11.6 Å². The van der Waals surface area contributed by atoms with Gasteiger partial charge in [-0.2, -0.15) is 0 Å². The number of phenolic OH excluding ortho intramolecular Hbond substituents is 1. The fourth-order valence-corrected chi connectivity index (χ4v) is 3.77. The predicted molar refractivity (Wildman–Crippen MR) is 87.8 cm³/mol. The second-order valence-corrected chi connectivity index (χ2v) is 6.98. The van der Waals surface area contributed by atoms with Gasteiger partial charge in [0.1, 0.15) is 17.4 Å². The molecule has 0 amide bonds. The zero-order valence-corrected chi connectivity index (χ0v) is 13.5. The van der Waals surface area contributed by atoms with Crippen LogP contribution in [0, 0.1) is 11.6 Å². The molecule has 0 aliphatic rings. The highest BCUT2D eigenvalue weighted by molar-refractivity contribution is 7.92. The highest BCUT2D eigenvalue weighted by Gasteiger charge is 2.25. The first-order valence-corrected chi connectivity index (χ1v) is 8.54. The number of sulfonamides is 1. The fourth-order valence-electron chi connectivity index (χ4n) is 2.35. The third-order valence-electron chi connectivity index (χ3n) is 3.40. The highest BCUT2D eigenvalue weighted by atomic mass is 35.5. The molecule has 0 radical (unpaired) electrons. The Hall–Kier alpha value is -2.38. The molecule has 0 saturated heterocycles. The molecule has 0 aliphatic carbocycles. The summed E-state index contributed by atoms with van der Waals surface area (Å²) in [5.74, 6) is -2.64. The highest BCUT2D eigenvalue weighted by Crippen LogP contribution is 2.38. The quantitative estimate of drug-likeness (QED) is 0.677. The van der Waals surface area contributed by atoms with Crippen molar-refractivity contribution in [2.75, 3.05) is 4.72 Å². The van der Waals surface area contributed by atoms with Gasteiger partial charge in [-0.05, 0) is 18.2 Å². The number of anilines is 1. The zero-order chi connectivity index (χ0) is 17.5. The summed E-state index contributed by atoms with van der Waals surface area (Å²) >= 11 is 5.90. The van der Waals surface area contributed by atoms with E-state index in [4.69, 9.17) is 11.6 Å². The minimum atomic E-state index is -4.54. The Labute approximate surface area is 141 Å². The number of hydrogen-bond donors (Lipinski definition) is 2. The summed E-state index contributed by atoms with van der Waals surface area (Å²) in [5, 5.41) is 10.5. The third kappa shape index (κ3) is 2.76. The maximum absolute atomic E-state index is 13.8. The van der Waals surface area contributed by atoms with Crippen molar-refractivity contribution in [3.63, 3.8) is 0 Å². The van der Waals surface area contributed by atoms with Crippen LogP contribution in [0.2, 0.25) is 5.02 Å². The Morgan fingerprint density at radius 2 is 1.54 bits per heavy atom. The van der Waals surface area contributed by atoms with Gasteiger partial charge in [-0.15, -0.1) is 0 Å². The van der Waals surface area contributed by atoms with Crippen LogP contribution in [-0.2, 0) is 10.0 Å². The molecule has 3 aromatic rings. The van der Waals surface area contributed by atoms with Crippen molar-refractivity contribution in [1.29, 1.82) is 0 Å². The monoisotopic (exact) mass is 369 g/mol. The number of aromatic hydroxyl groups is 1. The van der Waals surface area contributed by atoms with Gasteiger partial charge in [-0.3, -0.25) is 4.72 Å². The van der Waals surface area contributed by atoms with E-state index in [1.807, 2.05) is 0 Å². The molecule has 24 heavy (non-hydrogen) atoms. The Morgan fingerprint density at radius 1 is 0.958 bits per heavy atom. The molecule has 0 bridgehead atoms. The fraction of sp³-hybridized carbons (Fsp3) is 0. The van der Waals surface area contributed by atoms with Crippen LogP contribution in [0.25, 0.3) is 10.8 Å². The summed E-state index contributed by atoms with van der Waals surface area (Å²) < 4.78 is 54.5. The van der Waals surface area contributed by atoms with E-state index in [9.17, 15) is 22.3 Å². The maximum Gasteiger partial charge on any atom is 0.267 e. The zero-order valence-electron chi connectivity index (χ0n) is 11.9. The third-order valence-corrected chi connectivity index (χ3v) is 5.11. The van der Waals surface area contributed by atoms with E-state index in [-0.39, 0.29) is 16.5 Å². The van der Waals surface area contributed by atoms with E-state index in [1.54, 1.807) is 18.2 Å². The van der Waals surface area contributed by atoms with Crippen LogP contribution in [0.15, 0.2) is 53.4 Å². The first kappa shape index (κ1) is 16.5. The van der Waals surface area contributed by atoms with Gasteiger partial charge >= 0.3 is 0 Å². The molecule has 124 valence electrons. The number of hydrogen-bond acceptors (Lipinski definition) is 3. The van der Waals surface area contributed by atoms with E-state index in [0.29, 0.717) is 10.8 Å². The van der Waals surface area contributed by atoms with Crippen LogP contribution in [0.4, 0.5) is 14.5 Å². The van der Waals surface area contributed by atoms with E-state index < -0.39 is 26.6 Å². The number of halogens is 3. The second kappa shape index (κ2) is 5.92. The number of rotatable bonds is 3. The van der Waals surface area contributed by atoms with Crippen molar-refractivity contribution in [3.8, 4) is 5.75 Å². The predicted octanol–water partition coefficient (Wildman–Crippen LogP) is 4.28. The maximum atomic E-state index is 13.8. The first-order chi connectivity index (χ1) is 11.3. The lowest BCUT2D eigenvalue weighted by Crippen LogP contribution is -2.16. The molecule has 4 nitrogen and oxygen atoms in total. The summed E-state index contributed by atoms with van der Waals surface area (Å²) in [7, 11) is -4.54. The normalized spacial score (nSPS) is 11.6. The average molecular weight is 370 g/mol. The molecule has 3 aromatic carbocycles. The van der Waals surface area contributed by atoms with Crippen LogP contribution in [0.1, 0.15) is 0 Å². The van der Waals surface area contributed by atoms with Gasteiger partial charge in [0.25, 0.3) is 10.0 Å². The van der Waals surface area contributed by atoms with E-state index in [0.717, 1.165) is 18.2 Å². The van der Waals surface area contributed by atoms with Crippen LogP contribution in [0.3, 0.4) is 0 Å². The van der Waals surface area contributed by atoms with Crippen molar-refractivity contribution in [3.05, 3.63) is 65.2 Å². The molecule has 8 heteroatoms. The molecule has 2 N–H and O–H groups in total. The SMILES string of the molecule is O=S(=O)(Nc1cc(Cl)c(O)c2ccccc12)c1c(F)cccc1F. The number of nitrogens with one attached hydrogen (secondary N) is 1. The number of phenols is 1. The largest absolute Gasteiger partial charge is 0.506 e. The lowest BCUT2D eigenvalue weighted by Gasteiger charge is -2.13. The molecule has 0 fully saturated rings. The summed E-state index contributed by atoms with van der Waals surface area (Å²) in [4.78, 5) is -1.08. The molecule has 0 heterocycles. The van der Waals surface area contributed by atoms with Crippen molar-refractivity contribution in [1.82, 2.24) is 0 Å². The lowest BCUT2D eigenvalue weighted by atomic mass is 10.1. The topological polar surface area (TPSA) is 66.4 Å². The van der Waals surface area contributed by atoms with Crippen molar-refractivity contribution < 1.29 is 22.3 Å². The molecule has 0 unspecified atom stereocenters. The van der Waals surface area contributed by atoms with Gasteiger partial charge in [0, 0.05) is 10.8 Å². The minimum absolute atomic E-state index is 0.00365. The Kier molecular flexibility index (Phi) is 4.06. The molecular formula is C16H10ClF2NO3S. The molecule has 0 saturated carbocycles. The van der Waals surface area contributed by atoms with Crippen molar-refractivity contribution in [2.24, 2.45) is 0 Å². The Balaban J connectivity index is 2.18. The number of benzene rings is 3.